The summed E-state index contributed by atoms with van der Waals surface area (Å²) < 4.78 is 17.6. The Morgan fingerprint density at radius 3 is 3.09 bits per heavy atom. The normalized spacial score (nSPS) is 45.1. The number of ketones is 1. The number of carbonyl (C=O) groups is 1. The van der Waals surface area contributed by atoms with Gasteiger partial charge in [-0.3, -0.25) is 4.79 Å². The maximum absolute atomic E-state index is 12.9. The minimum atomic E-state index is -0.391. The highest BCUT2D eigenvalue weighted by atomic mass is 16.6. The van der Waals surface area contributed by atoms with Crippen molar-refractivity contribution in [2.75, 3.05) is 20.7 Å². The van der Waals surface area contributed by atoms with Crippen LogP contribution in [0.1, 0.15) is 17.5 Å². The molecule has 2 saturated heterocycles. The van der Waals surface area contributed by atoms with Crippen molar-refractivity contribution in [1.82, 2.24) is 4.90 Å². The standard InChI is InChI=1S/C18H19NO4/c1-19-6-5-18-11-8-3-4-10(21-2)14(11)23-17(18)13(20)16-15(22-16)12(18)9(19)7-8/h3-4,9,12,15-17H,5-7H2,1-2H3/t9-,12-,15-,16+,17+,18-/m1/s1. The van der Waals surface area contributed by atoms with Crippen LogP contribution in [0.5, 0.6) is 11.5 Å². The Balaban J connectivity index is 1.68. The summed E-state index contributed by atoms with van der Waals surface area (Å²) in [5.74, 6) is 2.07. The molecule has 0 amide bonds. The molecule has 3 aliphatic heterocycles. The van der Waals surface area contributed by atoms with Gasteiger partial charge in [-0.05, 0) is 38.1 Å². The Bertz CT molecular complexity index is 762. The Morgan fingerprint density at radius 1 is 1.39 bits per heavy atom. The number of hydrogen-bond acceptors (Lipinski definition) is 5. The second-order valence-electron chi connectivity index (χ2n) is 7.62. The van der Waals surface area contributed by atoms with Gasteiger partial charge in [-0.15, -0.1) is 0 Å². The number of fused-ring (bicyclic) bond motifs is 1. The molecule has 1 spiro atoms. The summed E-state index contributed by atoms with van der Waals surface area (Å²) in [7, 11) is 3.87. The lowest BCUT2D eigenvalue weighted by molar-refractivity contribution is -0.135. The van der Waals surface area contributed by atoms with E-state index in [0.717, 1.165) is 30.9 Å². The third-order valence-electron chi connectivity index (χ3n) is 6.90. The number of rotatable bonds is 1. The predicted octanol–water partition coefficient (Wildman–Crippen LogP) is 0.920. The van der Waals surface area contributed by atoms with Gasteiger partial charge < -0.3 is 19.1 Å². The molecule has 3 fully saturated rings. The van der Waals surface area contributed by atoms with Crippen molar-refractivity contribution in [3.05, 3.63) is 23.3 Å². The summed E-state index contributed by atoms with van der Waals surface area (Å²) in [6, 6.07) is 4.59. The first-order valence-electron chi connectivity index (χ1n) is 8.43. The number of hydrogen-bond donors (Lipinski definition) is 0. The van der Waals surface area contributed by atoms with Gasteiger partial charge in [0.2, 0.25) is 5.78 Å². The second kappa shape index (κ2) is 3.73. The van der Waals surface area contributed by atoms with Crippen LogP contribution in [-0.4, -0.2) is 55.7 Å². The number of methoxy groups -OCH3 is 1. The summed E-state index contributed by atoms with van der Waals surface area (Å²) in [6.07, 6.45) is 1.42. The van der Waals surface area contributed by atoms with Gasteiger partial charge in [-0.2, -0.15) is 0 Å². The van der Waals surface area contributed by atoms with Gasteiger partial charge in [-0.25, -0.2) is 0 Å². The van der Waals surface area contributed by atoms with Crippen LogP contribution in [-0.2, 0) is 21.4 Å². The number of likely N-dealkylation sites (N-methyl/N-ethyl adjacent to an activating group) is 1. The first kappa shape index (κ1) is 12.8. The Hall–Kier alpha value is -1.59. The molecule has 120 valence electrons. The molecular weight excluding hydrogens is 294 g/mol. The maximum Gasteiger partial charge on any atom is 0.205 e. The zero-order valence-electron chi connectivity index (χ0n) is 13.2. The van der Waals surface area contributed by atoms with Crippen LogP contribution >= 0.6 is 0 Å². The number of carbonyl (C=O) groups excluding carboxylic acids is 1. The molecule has 0 N–H and O–H groups in total. The summed E-state index contributed by atoms with van der Waals surface area (Å²) in [6.45, 7) is 1.00. The number of likely N-dealkylation sites (tertiary alicyclic amines) is 1. The van der Waals surface area contributed by atoms with Gasteiger partial charge in [0.05, 0.1) is 18.6 Å². The van der Waals surface area contributed by atoms with Crippen molar-refractivity contribution in [2.24, 2.45) is 5.92 Å². The summed E-state index contributed by atoms with van der Waals surface area (Å²) in [4.78, 5) is 15.3. The molecule has 5 nitrogen and oxygen atoms in total. The fourth-order valence-electron chi connectivity index (χ4n) is 5.93. The van der Waals surface area contributed by atoms with Crippen molar-refractivity contribution in [1.29, 1.82) is 0 Å². The Morgan fingerprint density at radius 2 is 2.26 bits per heavy atom. The van der Waals surface area contributed by atoms with Gasteiger partial charge in [0, 0.05) is 17.5 Å². The topological polar surface area (TPSA) is 51.3 Å². The lowest BCUT2D eigenvalue weighted by Crippen LogP contribution is -2.67. The fourth-order valence-corrected chi connectivity index (χ4v) is 5.93. The van der Waals surface area contributed by atoms with Crippen molar-refractivity contribution >= 4 is 5.78 Å². The van der Waals surface area contributed by atoms with Gasteiger partial charge in [0.1, 0.15) is 6.10 Å². The molecule has 1 aromatic rings. The van der Waals surface area contributed by atoms with Crippen molar-refractivity contribution in [3.63, 3.8) is 0 Å². The van der Waals surface area contributed by atoms with E-state index in [1.54, 1.807) is 7.11 Å². The molecule has 0 radical (unpaired) electrons. The van der Waals surface area contributed by atoms with E-state index in [1.807, 2.05) is 6.07 Å². The molecule has 6 atom stereocenters. The molecule has 2 bridgehead atoms. The number of Topliss-reactive ketones (excluding diaryl/α,β-unsaturated/α-hetero) is 1. The highest BCUT2D eigenvalue weighted by Crippen LogP contribution is 2.66. The molecule has 23 heavy (non-hydrogen) atoms. The van der Waals surface area contributed by atoms with Gasteiger partial charge in [0.25, 0.3) is 0 Å². The van der Waals surface area contributed by atoms with Gasteiger partial charge in [-0.1, -0.05) is 6.07 Å². The number of epoxide rings is 1. The highest BCUT2D eigenvalue weighted by molar-refractivity contribution is 5.95. The molecule has 5 heteroatoms. The largest absolute Gasteiger partial charge is 0.493 e. The van der Waals surface area contributed by atoms with E-state index in [4.69, 9.17) is 14.2 Å². The van der Waals surface area contributed by atoms with E-state index >= 15 is 0 Å². The van der Waals surface area contributed by atoms with Crippen molar-refractivity contribution < 1.29 is 19.0 Å². The van der Waals surface area contributed by atoms with E-state index in [-0.39, 0.29) is 23.4 Å². The zero-order chi connectivity index (χ0) is 15.5. The number of piperidine rings is 1. The van der Waals surface area contributed by atoms with Crippen LogP contribution in [0, 0.1) is 5.92 Å². The number of benzene rings is 1. The molecule has 0 unspecified atom stereocenters. The van der Waals surface area contributed by atoms with Gasteiger partial charge in [0.15, 0.2) is 17.6 Å². The minimum absolute atomic E-state index is 0.0837. The second-order valence-corrected chi connectivity index (χ2v) is 7.62. The van der Waals surface area contributed by atoms with E-state index in [0.29, 0.717) is 12.0 Å². The third-order valence-corrected chi connectivity index (χ3v) is 6.90. The summed E-state index contributed by atoms with van der Waals surface area (Å²) in [5, 5.41) is 0. The van der Waals surface area contributed by atoms with Crippen LogP contribution in [0.2, 0.25) is 0 Å². The molecule has 0 aromatic heterocycles. The first-order valence-corrected chi connectivity index (χ1v) is 8.43. The van der Waals surface area contributed by atoms with Crippen LogP contribution in [0.3, 0.4) is 0 Å². The van der Waals surface area contributed by atoms with Crippen molar-refractivity contribution in [3.8, 4) is 11.5 Å². The smallest absolute Gasteiger partial charge is 0.205 e. The number of nitrogens with zero attached hydrogens (tertiary/aromatic N) is 1. The molecule has 3 heterocycles. The quantitative estimate of drug-likeness (QED) is 0.722. The van der Waals surface area contributed by atoms with Gasteiger partial charge >= 0.3 is 0 Å². The summed E-state index contributed by atoms with van der Waals surface area (Å²) >= 11 is 0. The SMILES string of the molecule is COc1ccc2c3c1O[C@H]1C(=O)[C@@H]4O[C@@H]4[C@H]4[C@@H](C2)N(C)CC[C@@]341. The molecule has 1 aromatic carbocycles. The summed E-state index contributed by atoms with van der Waals surface area (Å²) in [5.41, 5.74) is 2.37. The third kappa shape index (κ3) is 1.22. The lowest BCUT2D eigenvalue weighted by Gasteiger charge is -2.55. The minimum Gasteiger partial charge on any atom is -0.493 e. The highest BCUT2D eigenvalue weighted by Gasteiger charge is 2.75. The Kier molecular flexibility index (Phi) is 2.07. The van der Waals surface area contributed by atoms with E-state index in [2.05, 4.69) is 18.0 Å². The van der Waals surface area contributed by atoms with Crippen LogP contribution in [0.15, 0.2) is 12.1 Å². The monoisotopic (exact) mass is 313 g/mol. The molecule has 1 saturated carbocycles. The molecule has 2 aliphatic carbocycles. The van der Waals surface area contributed by atoms with Crippen molar-refractivity contribution in [2.45, 2.75) is 42.6 Å². The van der Waals surface area contributed by atoms with Crippen LogP contribution in [0.4, 0.5) is 0 Å². The maximum atomic E-state index is 12.9. The average Bonchev–Trinajstić information content (AvgIpc) is 3.27. The fraction of sp³-hybridized carbons (Fsp3) is 0.611. The average molecular weight is 313 g/mol. The Labute approximate surface area is 134 Å². The zero-order valence-corrected chi connectivity index (χ0v) is 13.2. The first-order chi connectivity index (χ1) is 11.2. The molecule has 5 aliphatic rings. The van der Waals surface area contributed by atoms with Crippen LogP contribution in [0.25, 0.3) is 0 Å². The number of ether oxygens (including phenoxy) is 3. The molecule has 6 rings (SSSR count). The van der Waals surface area contributed by atoms with E-state index < -0.39 is 6.10 Å². The molecular formula is C18H19NO4. The predicted molar refractivity (Wildman–Crippen MR) is 81.0 cm³/mol. The van der Waals surface area contributed by atoms with E-state index in [1.165, 1.54) is 11.1 Å². The van der Waals surface area contributed by atoms with E-state index in [9.17, 15) is 4.79 Å². The van der Waals surface area contributed by atoms with Crippen LogP contribution < -0.4 is 9.47 Å². The lowest BCUT2D eigenvalue weighted by atomic mass is 9.51.